The van der Waals surface area contributed by atoms with Gasteiger partial charge in [0, 0.05) is 39.8 Å². The minimum absolute atomic E-state index is 0.252. The van der Waals surface area contributed by atoms with Gasteiger partial charge in [-0.05, 0) is 31.0 Å². The van der Waals surface area contributed by atoms with Crippen molar-refractivity contribution in [2.45, 2.75) is 26.8 Å². The van der Waals surface area contributed by atoms with Gasteiger partial charge in [-0.25, -0.2) is 17.1 Å². The highest BCUT2D eigenvalue weighted by Crippen LogP contribution is 2.06. The Hall–Kier alpha value is -1.67. The molecule has 6 nitrogen and oxygen atoms in total. The van der Waals surface area contributed by atoms with Crippen molar-refractivity contribution in [3.8, 4) is 0 Å². The zero-order valence-electron chi connectivity index (χ0n) is 15.5. The summed E-state index contributed by atoms with van der Waals surface area (Å²) in [7, 11) is -1.24. The van der Waals surface area contributed by atoms with Crippen LogP contribution in [0.25, 0.3) is 0 Å². The Bertz CT molecular complexity index is 647. The molecule has 0 amide bonds. The first-order valence-electron chi connectivity index (χ1n) is 8.47. The van der Waals surface area contributed by atoms with Crippen LogP contribution >= 0.6 is 0 Å². The van der Waals surface area contributed by atoms with Crippen molar-refractivity contribution < 1.29 is 12.8 Å². The first kappa shape index (κ1) is 21.4. The molecule has 0 aliphatic rings. The predicted molar refractivity (Wildman–Crippen MR) is 101 cm³/mol. The molecule has 0 heterocycles. The standard InChI is InChI=1S/C17H29FN4O2S/c1-5-19-17(20-12-7-13-22(6-2)25(4,23)24)21(3)14-15-8-10-16(18)11-9-15/h8-11H,5-7,12-14H2,1-4H3,(H,19,20). The fraction of sp³-hybridized carbons (Fsp3) is 0.588. The third-order valence-corrected chi connectivity index (χ3v) is 5.06. The van der Waals surface area contributed by atoms with Crippen LogP contribution in [0.3, 0.4) is 0 Å². The maximum absolute atomic E-state index is 13.0. The van der Waals surface area contributed by atoms with Gasteiger partial charge in [-0.3, -0.25) is 4.99 Å². The lowest BCUT2D eigenvalue weighted by Crippen LogP contribution is -2.38. The summed E-state index contributed by atoms with van der Waals surface area (Å²) in [5, 5.41) is 3.22. The topological polar surface area (TPSA) is 65.0 Å². The molecule has 25 heavy (non-hydrogen) atoms. The molecule has 0 fully saturated rings. The lowest BCUT2D eigenvalue weighted by molar-refractivity contribution is 0.425. The number of hydrogen-bond donors (Lipinski definition) is 1. The quantitative estimate of drug-likeness (QED) is 0.408. The van der Waals surface area contributed by atoms with E-state index in [1.165, 1.54) is 22.7 Å². The molecule has 0 aliphatic heterocycles. The van der Waals surface area contributed by atoms with E-state index in [-0.39, 0.29) is 5.82 Å². The van der Waals surface area contributed by atoms with Gasteiger partial charge in [0.05, 0.1) is 6.26 Å². The van der Waals surface area contributed by atoms with Crippen molar-refractivity contribution in [1.82, 2.24) is 14.5 Å². The van der Waals surface area contributed by atoms with E-state index in [1.807, 2.05) is 25.8 Å². The molecule has 1 N–H and O–H groups in total. The Morgan fingerprint density at radius 1 is 1.24 bits per heavy atom. The van der Waals surface area contributed by atoms with Crippen molar-refractivity contribution in [3.05, 3.63) is 35.6 Å². The average molecular weight is 373 g/mol. The number of benzene rings is 1. The molecule has 1 rings (SSSR count). The van der Waals surface area contributed by atoms with Crippen LogP contribution < -0.4 is 5.32 Å². The lowest BCUT2D eigenvalue weighted by atomic mass is 10.2. The van der Waals surface area contributed by atoms with Crippen molar-refractivity contribution in [3.63, 3.8) is 0 Å². The van der Waals surface area contributed by atoms with Crippen molar-refractivity contribution in [1.29, 1.82) is 0 Å². The van der Waals surface area contributed by atoms with Crippen molar-refractivity contribution >= 4 is 16.0 Å². The van der Waals surface area contributed by atoms with E-state index in [0.717, 1.165) is 18.1 Å². The third kappa shape index (κ3) is 7.83. The molecule has 142 valence electrons. The number of halogens is 1. The highest BCUT2D eigenvalue weighted by Gasteiger charge is 2.13. The molecule has 0 radical (unpaired) electrons. The van der Waals surface area contributed by atoms with Crippen LogP contribution in [0, 0.1) is 5.82 Å². The molecule has 0 atom stereocenters. The maximum atomic E-state index is 13.0. The molecule has 0 aromatic heterocycles. The van der Waals surface area contributed by atoms with Gasteiger partial charge in [-0.2, -0.15) is 0 Å². The average Bonchev–Trinajstić information content (AvgIpc) is 2.54. The summed E-state index contributed by atoms with van der Waals surface area (Å²) in [4.78, 5) is 6.51. The molecule has 0 unspecified atom stereocenters. The molecule has 0 bridgehead atoms. The van der Waals surface area contributed by atoms with E-state index in [9.17, 15) is 12.8 Å². The van der Waals surface area contributed by atoms with E-state index >= 15 is 0 Å². The Balaban J connectivity index is 2.61. The van der Waals surface area contributed by atoms with E-state index in [2.05, 4.69) is 10.3 Å². The number of hydrogen-bond acceptors (Lipinski definition) is 3. The summed E-state index contributed by atoms with van der Waals surface area (Å²) in [6.45, 7) is 6.61. The van der Waals surface area contributed by atoms with E-state index in [1.54, 1.807) is 12.1 Å². The number of nitrogens with one attached hydrogen (secondary N) is 1. The van der Waals surface area contributed by atoms with Gasteiger partial charge in [0.15, 0.2) is 5.96 Å². The molecule has 0 saturated carbocycles. The number of guanidine groups is 1. The van der Waals surface area contributed by atoms with Crippen LogP contribution in [0.15, 0.2) is 29.3 Å². The Morgan fingerprint density at radius 2 is 1.88 bits per heavy atom. The lowest BCUT2D eigenvalue weighted by Gasteiger charge is -2.22. The summed E-state index contributed by atoms with van der Waals surface area (Å²) in [6.07, 6.45) is 1.88. The summed E-state index contributed by atoms with van der Waals surface area (Å²) in [5.74, 6) is 0.493. The van der Waals surface area contributed by atoms with Crippen molar-refractivity contribution in [2.75, 3.05) is 39.5 Å². The van der Waals surface area contributed by atoms with Gasteiger partial charge in [0.1, 0.15) is 5.82 Å². The maximum Gasteiger partial charge on any atom is 0.211 e. The van der Waals surface area contributed by atoms with Gasteiger partial charge in [-0.15, -0.1) is 0 Å². The van der Waals surface area contributed by atoms with E-state index in [0.29, 0.717) is 32.6 Å². The minimum atomic E-state index is -3.16. The highest BCUT2D eigenvalue weighted by molar-refractivity contribution is 7.88. The Morgan fingerprint density at radius 3 is 2.40 bits per heavy atom. The highest BCUT2D eigenvalue weighted by atomic mass is 32.2. The van der Waals surface area contributed by atoms with Gasteiger partial charge in [-0.1, -0.05) is 19.1 Å². The third-order valence-electron chi connectivity index (χ3n) is 3.68. The molecule has 0 saturated heterocycles. The van der Waals surface area contributed by atoms with Gasteiger partial charge in [0.25, 0.3) is 0 Å². The summed E-state index contributed by atoms with van der Waals surface area (Å²) in [6, 6.07) is 6.39. The molecule has 0 spiro atoms. The van der Waals surface area contributed by atoms with Crippen LogP contribution in [0.5, 0.6) is 0 Å². The minimum Gasteiger partial charge on any atom is -0.357 e. The second-order valence-electron chi connectivity index (χ2n) is 5.83. The SMILES string of the molecule is CCNC(=NCCCN(CC)S(C)(=O)=O)N(C)Cc1ccc(F)cc1. The van der Waals surface area contributed by atoms with E-state index in [4.69, 9.17) is 0 Å². The zero-order valence-corrected chi connectivity index (χ0v) is 16.3. The number of aliphatic imine (C=N–C) groups is 1. The van der Waals surface area contributed by atoms with Crippen LogP contribution in [-0.4, -0.2) is 63.1 Å². The molecular formula is C17H29FN4O2S. The molecular weight excluding hydrogens is 343 g/mol. The molecule has 1 aromatic carbocycles. The molecule has 8 heteroatoms. The summed E-state index contributed by atoms with van der Waals surface area (Å²) < 4.78 is 37.6. The van der Waals surface area contributed by atoms with Gasteiger partial charge >= 0.3 is 0 Å². The number of sulfonamides is 1. The zero-order chi connectivity index (χ0) is 18.9. The van der Waals surface area contributed by atoms with Gasteiger partial charge in [0.2, 0.25) is 10.0 Å². The molecule has 0 aliphatic carbocycles. The number of nitrogens with zero attached hydrogens (tertiary/aromatic N) is 3. The summed E-state index contributed by atoms with van der Waals surface area (Å²) >= 11 is 0. The van der Waals surface area contributed by atoms with Crippen LogP contribution in [0.4, 0.5) is 4.39 Å². The first-order valence-corrected chi connectivity index (χ1v) is 10.3. The Labute approximate surface area is 150 Å². The van der Waals surface area contributed by atoms with Crippen LogP contribution in [0.2, 0.25) is 0 Å². The van der Waals surface area contributed by atoms with E-state index < -0.39 is 10.0 Å². The second-order valence-corrected chi connectivity index (χ2v) is 7.81. The van der Waals surface area contributed by atoms with Crippen molar-refractivity contribution in [2.24, 2.45) is 4.99 Å². The van der Waals surface area contributed by atoms with Crippen LogP contribution in [-0.2, 0) is 16.6 Å². The second kappa shape index (κ2) is 10.4. The van der Waals surface area contributed by atoms with Crippen LogP contribution in [0.1, 0.15) is 25.8 Å². The number of rotatable bonds is 9. The fourth-order valence-electron chi connectivity index (χ4n) is 2.40. The molecule has 1 aromatic rings. The Kier molecular flexibility index (Phi) is 8.85. The smallest absolute Gasteiger partial charge is 0.211 e. The fourth-order valence-corrected chi connectivity index (χ4v) is 3.33. The van der Waals surface area contributed by atoms with Gasteiger partial charge < -0.3 is 10.2 Å². The summed E-state index contributed by atoms with van der Waals surface area (Å²) in [5.41, 5.74) is 0.990. The predicted octanol–water partition coefficient (Wildman–Crippen LogP) is 1.89. The monoisotopic (exact) mass is 372 g/mol. The normalized spacial score (nSPS) is 12.5. The first-order chi connectivity index (χ1) is 11.8. The largest absolute Gasteiger partial charge is 0.357 e.